The molecule has 1 aromatic carbocycles. The molecule has 0 bridgehead atoms. The second-order valence-corrected chi connectivity index (χ2v) is 6.29. The zero-order valence-corrected chi connectivity index (χ0v) is 15.4. The minimum Gasteiger partial charge on any atom is -0.462 e. The molecule has 1 aromatic heterocycles. The van der Waals surface area contributed by atoms with Gasteiger partial charge >= 0.3 is 5.97 Å². The normalized spacial score (nSPS) is 10.5. The van der Waals surface area contributed by atoms with Gasteiger partial charge in [0.15, 0.2) is 0 Å². The Kier molecular flexibility index (Phi) is 7.14. The fourth-order valence-corrected chi connectivity index (χ4v) is 2.34. The number of para-hydroxylation sites is 1. The number of hydrogen-bond acceptors (Lipinski definition) is 5. The quantitative estimate of drug-likeness (QED) is 0.705. The summed E-state index contributed by atoms with van der Waals surface area (Å²) >= 11 is 0. The van der Waals surface area contributed by atoms with Crippen molar-refractivity contribution in [3.8, 4) is 0 Å². The molecule has 1 amide bonds. The average Bonchev–Trinajstić information content (AvgIpc) is 2.62. The van der Waals surface area contributed by atoms with Gasteiger partial charge in [0.25, 0.3) is 5.91 Å². The summed E-state index contributed by atoms with van der Waals surface area (Å²) in [5.41, 5.74) is 2.12. The number of nitrogens with zero attached hydrogens (tertiary/aromatic N) is 1. The predicted octanol–water partition coefficient (Wildman–Crippen LogP) is 3.78. The van der Waals surface area contributed by atoms with E-state index >= 15 is 0 Å². The monoisotopic (exact) mass is 355 g/mol. The standard InChI is InChI=1S/C20H25N3O3/c1-4-26-20(25)17-7-5-6-8-18(17)23-16-11-15(12-21-13-16)19(24)22-10-9-14(2)3/h5-8,11-14,23H,4,9-10H2,1-3H3,(H,22,24). The molecule has 0 aliphatic heterocycles. The number of esters is 1. The summed E-state index contributed by atoms with van der Waals surface area (Å²) in [5, 5.41) is 6.02. The molecule has 1 heterocycles. The van der Waals surface area contributed by atoms with E-state index in [4.69, 9.17) is 4.74 Å². The molecular weight excluding hydrogens is 330 g/mol. The number of hydrogen-bond donors (Lipinski definition) is 2. The topological polar surface area (TPSA) is 80.3 Å². The van der Waals surface area contributed by atoms with Crippen molar-refractivity contribution in [1.29, 1.82) is 0 Å². The molecule has 6 heteroatoms. The van der Waals surface area contributed by atoms with E-state index < -0.39 is 5.97 Å². The Hall–Kier alpha value is -2.89. The van der Waals surface area contributed by atoms with E-state index in [2.05, 4.69) is 29.5 Å². The maximum atomic E-state index is 12.2. The second kappa shape index (κ2) is 9.56. The lowest BCUT2D eigenvalue weighted by Gasteiger charge is -2.12. The van der Waals surface area contributed by atoms with Crippen LogP contribution in [-0.2, 0) is 4.74 Å². The molecule has 0 aliphatic carbocycles. The number of rotatable bonds is 8. The molecule has 0 saturated heterocycles. The summed E-state index contributed by atoms with van der Waals surface area (Å²) in [7, 11) is 0. The van der Waals surface area contributed by atoms with Crippen LogP contribution in [0.3, 0.4) is 0 Å². The SMILES string of the molecule is CCOC(=O)c1ccccc1Nc1cncc(C(=O)NCCC(C)C)c1. The van der Waals surface area contributed by atoms with Crippen molar-refractivity contribution >= 4 is 23.3 Å². The lowest BCUT2D eigenvalue weighted by atomic mass is 10.1. The summed E-state index contributed by atoms with van der Waals surface area (Å²) in [6.07, 6.45) is 4.05. The fraction of sp³-hybridized carbons (Fsp3) is 0.350. The van der Waals surface area contributed by atoms with Gasteiger partial charge in [-0.25, -0.2) is 4.79 Å². The van der Waals surface area contributed by atoms with Crippen LogP contribution in [0.1, 0.15) is 47.9 Å². The summed E-state index contributed by atoms with van der Waals surface area (Å²) in [4.78, 5) is 28.4. The maximum absolute atomic E-state index is 12.2. The van der Waals surface area contributed by atoms with Crippen LogP contribution >= 0.6 is 0 Å². The summed E-state index contributed by atoms with van der Waals surface area (Å²) < 4.78 is 5.07. The number of anilines is 2. The van der Waals surface area contributed by atoms with Crippen LogP contribution in [0.5, 0.6) is 0 Å². The molecule has 0 unspecified atom stereocenters. The molecule has 2 N–H and O–H groups in total. The zero-order chi connectivity index (χ0) is 18.9. The Morgan fingerprint density at radius 2 is 1.96 bits per heavy atom. The average molecular weight is 355 g/mol. The van der Waals surface area contributed by atoms with Gasteiger partial charge in [0.2, 0.25) is 0 Å². The molecule has 0 aliphatic rings. The van der Waals surface area contributed by atoms with E-state index in [0.29, 0.717) is 41.6 Å². The maximum Gasteiger partial charge on any atom is 0.340 e. The van der Waals surface area contributed by atoms with Crippen LogP contribution in [0, 0.1) is 5.92 Å². The van der Waals surface area contributed by atoms with E-state index in [1.807, 2.05) is 6.07 Å². The van der Waals surface area contributed by atoms with E-state index in [1.165, 1.54) is 6.20 Å². The van der Waals surface area contributed by atoms with Crippen molar-refractivity contribution in [2.45, 2.75) is 27.2 Å². The van der Waals surface area contributed by atoms with Crippen molar-refractivity contribution in [3.63, 3.8) is 0 Å². The highest BCUT2D eigenvalue weighted by Gasteiger charge is 2.13. The highest BCUT2D eigenvalue weighted by atomic mass is 16.5. The van der Waals surface area contributed by atoms with Gasteiger partial charge < -0.3 is 15.4 Å². The van der Waals surface area contributed by atoms with Gasteiger partial charge in [-0.05, 0) is 37.5 Å². The minimum absolute atomic E-state index is 0.166. The first-order valence-corrected chi connectivity index (χ1v) is 8.77. The number of carbonyl (C=O) groups excluding carboxylic acids is 2. The number of amides is 1. The van der Waals surface area contributed by atoms with E-state index in [9.17, 15) is 9.59 Å². The highest BCUT2D eigenvalue weighted by Crippen LogP contribution is 2.22. The number of nitrogens with one attached hydrogen (secondary N) is 2. The lowest BCUT2D eigenvalue weighted by Crippen LogP contribution is -2.25. The van der Waals surface area contributed by atoms with Crippen LogP contribution in [0.15, 0.2) is 42.7 Å². The Morgan fingerprint density at radius 3 is 2.69 bits per heavy atom. The van der Waals surface area contributed by atoms with Crippen molar-refractivity contribution < 1.29 is 14.3 Å². The second-order valence-electron chi connectivity index (χ2n) is 6.29. The van der Waals surface area contributed by atoms with Crippen LogP contribution in [0.2, 0.25) is 0 Å². The molecule has 0 spiro atoms. The molecule has 0 fully saturated rings. The van der Waals surface area contributed by atoms with Gasteiger partial charge in [-0.3, -0.25) is 9.78 Å². The Morgan fingerprint density at radius 1 is 1.19 bits per heavy atom. The molecule has 0 atom stereocenters. The lowest BCUT2D eigenvalue weighted by molar-refractivity contribution is 0.0527. The van der Waals surface area contributed by atoms with Gasteiger partial charge in [0, 0.05) is 12.7 Å². The van der Waals surface area contributed by atoms with E-state index in [-0.39, 0.29) is 5.91 Å². The molecule has 138 valence electrons. The fourth-order valence-electron chi connectivity index (χ4n) is 2.34. The Balaban J connectivity index is 2.12. The molecule has 2 aromatic rings. The van der Waals surface area contributed by atoms with Crippen LogP contribution in [0.4, 0.5) is 11.4 Å². The third-order valence-corrected chi connectivity index (χ3v) is 3.71. The number of benzene rings is 1. The largest absolute Gasteiger partial charge is 0.462 e. The van der Waals surface area contributed by atoms with Crippen molar-refractivity contribution in [2.75, 3.05) is 18.5 Å². The molecular formula is C20H25N3O3. The third kappa shape index (κ3) is 5.58. The van der Waals surface area contributed by atoms with Gasteiger partial charge in [-0.1, -0.05) is 26.0 Å². The van der Waals surface area contributed by atoms with Gasteiger partial charge in [0.1, 0.15) is 0 Å². The molecule has 0 radical (unpaired) electrons. The Bertz CT molecular complexity index is 759. The number of aromatic nitrogens is 1. The van der Waals surface area contributed by atoms with E-state index in [1.54, 1.807) is 37.4 Å². The van der Waals surface area contributed by atoms with Crippen molar-refractivity contribution in [1.82, 2.24) is 10.3 Å². The summed E-state index contributed by atoms with van der Waals surface area (Å²) in [6, 6.07) is 8.77. The van der Waals surface area contributed by atoms with Crippen LogP contribution < -0.4 is 10.6 Å². The molecule has 2 rings (SSSR count). The molecule has 6 nitrogen and oxygen atoms in total. The van der Waals surface area contributed by atoms with Gasteiger partial charge in [-0.2, -0.15) is 0 Å². The van der Waals surface area contributed by atoms with Crippen molar-refractivity contribution in [3.05, 3.63) is 53.9 Å². The summed E-state index contributed by atoms with van der Waals surface area (Å²) in [5.74, 6) is -0.0348. The third-order valence-electron chi connectivity index (χ3n) is 3.71. The predicted molar refractivity (Wildman–Crippen MR) is 102 cm³/mol. The highest BCUT2D eigenvalue weighted by molar-refractivity contribution is 5.97. The van der Waals surface area contributed by atoms with E-state index in [0.717, 1.165) is 6.42 Å². The minimum atomic E-state index is -0.397. The molecule has 0 saturated carbocycles. The van der Waals surface area contributed by atoms with Gasteiger partial charge in [-0.15, -0.1) is 0 Å². The Labute approximate surface area is 154 Å². The van der Waals surface area contributed by atoms with Crippen LogP contribution in [0.25, 0.3) is 0 Å². The number of pyridine rings is 1. The first-order valence-electron chi connectivity index (χ1n) is 8.77. The zero-order valence-electron chi connectivity index (χ0n) is 15.4. The summed E-state index contributed by atoms with van der Waals surface area (Å²) in [6.45, 7) is 6.92. The first-order chi connectivity index (χ1) is 12.5. The first kappa shape index (κ1) is 19.4. The molecule has 26 heavy (non-hydrogen) atoms. The van der Waals surface area contributed by atoms with Crippen LogP contribution in [-0.4, -0.2) is 30.0 Å². The van der Waals surface area contributed by atoms with Crippen molar-refractivity contribution in [2.24, 2.45) is 5.92 Å². The number of ether oxygens (including phenoxy) is 1. The smallest absolute Gasteiger partial charge is 0.340 e. The van der Waals surface area contributed by atoms with Gasteiger partial charge in [0.05, 0.1) is 35.3 Å². The number of carbonyl (C=O) groups is 2.